The van der Waals surface area contributed by atoms with Crippen molar-refractivity contribution in [1.82, 2.24) is 0 Å². The molecule has 5 heteroatoms. The molecule has 2 nitrogen and oxygen atoms in total. The van der Waals surface area contributed by atoms with Crippen molar-refractivity contribution in [3.05, 3.63) is 62.0 Å². The Morgan fingerprint density at radius 1 is 1.15 bits per heavy atom. The second-order valence-corrected chi connectivity index (χ2v) is 6.47. The molecule has 1 unspecified atom stereocenters. The van der Waals surface area contributed by atoms with Crippen molar-refractivity contribution in [2.24, 2.45) is 5.73 Å². The summed E-state index contributed by atoms with van der Waals surface area (Å²) in [6.45, 7) is 0. The zero-order valence-corrected chi connectivity index (χ0v) is 13.5. The van der Waals surface area contributed by atoms with Crippen molar-refractivity contribution in [2.75, 3.05) is 0 Å². The van der Waals surface area contributed by atoms with E-state index in [2.05, 4.69) is 15.9 Å². The molecule has 2 N–H and O–H groups in total. The van der Waals surface area contributed by atoms with E-state index >= 15 is 0 Å². The van der Waals surface area contributed by atoms with Crippen molar-refractivity contribution in [2.45, 2.75) is 18.6 Å². The highest BCUT2D eigenvalue weighted by molar-refractivity contribution is 9.10. The molecule has 0 saturated carbocycles. The van der Waals surface area contributed by atoms with E-state index in [0.717, 1.165) is 21.3 Å². The zero-order chi connectivity index (χ0) is 14.3. The fraction of sp³-hybridized carbons (Fsp3) is 0.200. The molecule has 0 amide bonds. The van der Waals surface area contributed by atoms with Crippen LogP contribution in [-0.4, -0.2) is 0 Å². The van der Waals surface area contributed by atoms with Gasteiger partial charge in [0, 0.05) is 28.1 Å². The van der Waals surface area contributed by atoms with Gasteiger partial charge in [-0.3, -0.25) is 0 Å². The van der Waals surface area contributed by atoms with Gasteiger partial charge in [-0.25, -0.2) is 0 Å². The minimum absolute atomic E-state index is 0.0868. The van der Waals surface area contributed by atoms with E-state index in [9.17, 15) is 0 Å². The Kier molecular flexibility index (Phi) is 3.95. The first-order chi connectivity index (χ1) is 9.56. The quantitative estimate of drug-likeness (QED) is 0.738. The Morgan fingerprint density at radius 2 is 1.95 bits per heavy atom. The fourth-order valence-electron chi connectivity index (χ4n) is 2.43. The van der Waals surface area contributed by atoms with Crippen LogP contribution in [0.3, 0.4) is 0 Å². The molecule has 1 heterocycles. The lowest BCUT2D eigenvalue weighted by Gasteiger charge is -2.31. The molecule has 0 saturated heterocycles. The van der Waals surface area contributed by atoms with Crippen LogP contribution in [0.1, 0.15) is 29.7 Å². The first-order valence-corrected chi connectivity index (χ1v) is 7.76. The van der Waals surface area contributed by atoms with E-state index in [1.165, 1.54) is 0 Å². The topological polar surface area (TPSA) is 35.2 Å². The summed E-state index contributed by atoms with van der Waals surface area (Å²) in [4.78, 5) is 0. The molecule has 2 aromatic carbocycles. The molecule has 0 spiro atoms. The van der Waals surface area contributed by atoms with Gasteiger partial charge in [0.2, 0.25) is 0 Å². The number of fused-ring (bicyclic) bond motifs is 1. The largest absolute Gasteiger partial charge is 0.485 e. The van der Waals surface area contributed by atoms with Crippen LogP contribution in [0.4, 0.5) is 0 Å². The number of nitrogens with two attached hydrogens (primary N) is 1. The third-order valence-corrected chi connectivity index (χ3v) is 4.76. The smallest absolute Gasteiger partial charge is 0.127 e. The molecule has 2 aromatic rings. The van der Waals surface area contributed by atoms with Crippen molar-refractivity contribution >= 4 is 39.1 Å². The predicted molar refractivity (Wildman–Crippen MR) is 85.5 cm³/mol. The van der Waals surface area contributed by atoms with Crippen molar-refractivity contribution in [1.29, 1.82) is 0 Å². The number of hydrogen-bond donors (Lipinski definition) is 1. The predicted octanol–water partition coefficient (Wildman–Crippen LogP) is 5.28. The van der Waals surface area contributed by atoms with Gasteiger partial charge in [0.05, 0.1) is 10.0 Å². The maximum absolute atomic E-state index is 6.27. The highest BCUT2D eigenvalue weighted by Crippen LogP contribution is 2.43. The van der Waals surface area contributed by atoms with E-state index < -0.39 is 0 Å². The maximum Gasteiger partial charge on any atom is 0.127 e. The number of halogens is 3. The second kappa shape index (κ2) is 5.57. The van der Waals surface area contributed by atoms with Crippen LogP contribution in [0.25, 0.3) is 0 Å². The van der Waals surface area contributed by atoms with Crippen LogP contribution in [0.2, 0.25) is 10.0 Å². The zero-order valence-electron chi connectivity index (χ0n) is 10.4. The van der Waals surface area contributed by atoms with Gasteiger partial charge in [-0.2, -0.15) is 0 Å². The Morgan fingerprint density at radius 3 is 2.75 bits per heavy atom. The van der Waals surface area contributed by atoms with Gasteiger partial charge in [-0.05, 0) is 24.3 Å². The van der Waals surface area contributed by atoms with Crippen molar-refractivity contribution < 1.29 is 4.74 Å². The molecule has 20 heavy (non-hydrogen) atoms. The summed E-state index contributed by atoms with van der Waals surface area (Å²) in [6.07, 6.45) is 0.494. The summed E-state index contributed by atoms with van der Waals surface area (Å²) in [6, 6.07) is 11.3. The van der Waals surface area contributed by atoms with Crippen LogP contribution in [0.15, 0.2) is 40.9 Å². The summed E-state index contributed by atoms with van der Waals surface area (Å²) in [7, 11) is 0. The van der Waals surface area contributed by atoms with Crippen LogP contribution < -0.4 is 10.5 Å². The Labute approximate surface area is 136 Å². The average Bonchev–Trinajstić information content (AvgIpc) is 2.42. The highest BCUT2D eigenvalue weighted by atomic mass is 79.9. The fourth-order valence-corrected chi connectivity index (χ4v) is 3.24. The number of rotatable bonds is 1. The summed E-state index contributed by atoms with van der Waals surface area (Å²) < 4.78 is 7.03. The summed E-state index contributed by atoms with van der Waals surface area (Å²) >= 11 is 15.8. The summed E-state index contributed by atoms with van der Waals surface area (Å²) in [5.74, 6) is 0.799. The van der Waals surface area contributed by atoms with E-state index in [4.69, 9.17) is 33.7 Å². The van der Waals surface area contributed by atoms with Crippen LogP contribution in [0.5, 0.6) is 5.75 Å². The minimum atomic E-state index is -0.176. The summed E-state index contributed by atoms with van der Waals surface area (Å²) in [5, 5.41) is 1.06. The van der Waals surface area contributed by atoms with Crippen LogP contribution in [-0.2, 0) is 0 Å². The summed E-state index contributed by atoms with van der Waals surface area (Å²) in [5.41, 5.74) is 8.14. The first kappa shape index (κ1) is 14.2. The molecule has 0 aromatic heterocycles. The second-order valence-electron chi connectivity index (χ2n) is 4.77. The molecule has 0 radical (unpaired) electrons. The molecule has 104 valence electrons. The highest BCUT2D eigenvalue weighted by Gasteiger charge is 2.28. The molecular weight excluding hydrogens is 361 g/mol. The monoisotopic (exact) mass is 371 g/mol. The lowest BCUT2D eigenvalue weighted by molar-refractivity contribution is 0.161. The van der Waals surface area contributed by atoms with E-state index in [1.807, 2.05) is 30.3 Å². The maximum atomic E-state index is 6.27. The lowest BCUT2D eigenvalue weighted by atomic mass is 9.93. The van der Waals surface area contributed by atoms with Crippen molar-refractivity contribution in [3.8, 4) is 5.75 Å². The van der Waals surface area contributed by atoms with Gasteiger partial charge in [0.15, 0.2) is 0 Å². The Hall–Kier alpha value is -0.740. The molecular formula is C15H12BrCl2NO. The molecule has 2 atom stereocenters. The van der Waals surface area contributed by atoms with Gasteiger partial charge in [-0.1, -0.05) is 51.3 Å². The van der Waals surface area contributed by atoms with Crippen LogP contribution in [0, 0.1) is 0 Å². The minimum Gasteiger partial charge on any atom is -0.485 e. The van der Waals surface area contributed by atoms with Gasteiger partial charge >= 0.3 is 0 Å². The molecule has 0 aliphatic carbocycles. The first-order valence-electron chi connectivity index (χ1n) is 6.22. The van der Waals surface area contributed by atoms with E-state index in [-0.39, 0.29) is 12.1 Å². The number of benzene rings is 2. The molecule has 3 rings (SSSR count). The van der Waals surface area contributed by atoms with Gasteiger partial charge in [-0.15, -0.1) is 0 Å². The van der Waals surface area contributed by atoms with Crippen LogP contribution >= 0.6 is 39.1 Å². The van der Waals surface area contributed by atoms with E-state index in [0.29, 0.717) is 16.5 Å². The van der Waals surface area contributed by atoms with Gasteiger partial charge in [0.25, 0.3) is 0 Å². The molecule has 0 fully saturated rings. The lowest BCUT2D eigenvalue weighted by Crippen LogP contribution is -2.24. The third-order valence-electron chi connectivity index (χ3n) is 3.44. The SMILES string of the molecule is N[C@H]1CC(c2cccc(Cl)c2Cl)Oc2ccc(Br)cc21. The molecule has 0 bridgehead atoms. The molecule has 1 aliphatic heterocycles. The number of hydrogen-bond acceptors (Lipinski definition) is 2. The number of ether oxygens (including phenoxy) is 1. The van der Waals surface area contributed by atoms with Gasteiger partial charge < -0.3 is 10.5 Å². The Bertz CT molecular complexity index is 662. The van der Waals surface area contributed by atoms with Gasteiger partial charge in [0.1, 0.15) is 11.9 Å². The average molecular weight is 373 g/mol. The van der Waals surface area contributed by atoms with E-state index in [1.54, 1.807) is 6.07 Å². The van der Waals surface area contributed by atoms with Crippen molar-refractivity contribution in [3.63, 3.8) is 0 Å². The molecule has 1 aliphatic rings. The Balaban J connectivity index is 1.99. The third kappa shape index (κ3) is 2.56. The standard InChI is InChI=1S/C15H12BrCl2NO/c16-8-4-5-13-10(6-8)12(19)7-14(20-13)9-2-1-3-11(17)15(9)18/h1-6,12,14H,7,19H2/t12-,14?/m0/s1. The normalized spacial score (nSPS) is 21.2.